The summed E-state index contributed by atoms with van der Waals surface area (Å²) in [7, 11) is 0. The molecule has 1 saturated carbocycles. The standard InChI is InChI=1S/C16H16FN3O2/c17-12-3-1-4-13(11(12)9-18)19-15(21)14-5-2-8-20(14)16(22)10-6-7-10/h1,3-4,10,14H,2,5-8H2,(H,19,21). The van der Waals surface area contributed by atoms with Crippen LogP contribution in [0, 0.1) is 23.1 Å². The molecule has 0 radical (unpaired) electrons. The first kappa shape index (κ1) is 14.5. The van der Waals surface area contributed by atoms with Crippen molar-refractivity contribution < 1.29 is 14.0 Å². The average molecular weight is 301 g/mol. The van der Waals surface area contributed by atoms with Crippen molar-refractivity contribution in [1.82, 2.24) is 4.90 Å². The molecule has 1 saturated heterocycles. The van der Waals surface area contributed by atoms with Crippen molar-refractivity contribution in [2.45, 2.75) is 31.7 Å². The summed E-state index contributed by atoms with van der Waals surface area (Å²) >= 11 is 0. The number of hydrogen-bond donors (Lipinski definition) is 1. The number of benzene rings is 1. The topological polar surface area (TPSA) is 73.2 Å². The molecule has 2 aliphatic rings. The van der Waals surface area contributed by atoms with Crippen LogP contribution in [0.25, 0.3) is 0 Å². The van der Waals surface area contributed by atoms with Gasteiger partial charge in [0, 0.05) is 12.5 Å². The first-order valence-electron chi connectivity index (χ1n) is 7.41. The monoisotopic (exact) mass is 301 g/mol. The smallest absolute Gasteiger partial charge is 0.247 e. The van der Waals surface area contributed by atoms with Gasteiger partial charge in [0.05, 0.1) is 5.69 Å². The van der Waals surface area contributed by atoms with Crippen molar-refractivity contribution in [3.05, 3.63) is 29.6 Å². The summed E-state index contributed by atoms with van der Waals surface area (Å²) in [6.07, 6.45) is 3.17. The van der Waals surface area contributed by atoms with E-state index in [1.165, 1.54) is 18.2 Å². The quantitative estimate of drug-likeness (QED) is 0.928. The van der Waals surface area contributed by atoms with Gasteiger partial charge in [-0.2, -0.15) is 5.26 Å². The number of hydrogen-bond acceptors (Lipinski definition) is 3. The maximum Gasteiger partial charge on any atom is 0.247 e. The van der Waals surface area contributed by atoms with Crippen LogP contribution in [0.4, 0.5) is 10.1 Å². The van der Waals surface area contributed by atoms with Crippen molar-refractivity contribution >= 4 is 17.5 Å². The van der Waals surface area contributed by atoms with Gasteiger partial charge in [0.15, 0.2) is 0 Å². The van der Waals surface area contributed by atoms with Gasteiger partial charge in [-0.05, 0) is 37.8 Å². The second-order valence-electron chi connectivity index (χ2n) is 5.73. The molecular weight excluding hydrogens is 285 g/mol. The molecule has 2 fully saturated rings. The van der Waals surface area contributed by atoms with Crippen molar-refractivity contribution in [1.29, 1.82) is 5.26 Å². The van der Waals surface area contributed by atoms with Crippen LogP contribution in [0.2, 0.25) is 0 Å². The Bertz CT molecular complexity index is 664. The molecule has 5 nitrogen and oxygen atoms in total. The molecule has 1 atom stereocenters. The number of nitriles is 1. The van der Waals surface area contributed by atoms with Crippen molar-refractivity contribution in [2.24, 2.45) is 5.92 Å². The lowest BCUT2D eigenvalue weighted by Crippen LogP contribution is -2.43. The number of carbonyl (C=O) groups excluding carboxylic acids is 2. The molecule has 1 heterocycles. The van der Waals surface area contributed by atoms with Crippen LogP contribution in [0.3, 0.4) is 0 Å². The summed E-state index contributed by atoms with van der Waals surface area (Å²) in [5.74, 6) is -0.916. The number of halogens is 1. The minimum absolute atomic E-state index is 0.0393. The Balaban J connectivity index is 1.75. The van der Waals surface area contributed by atoms with E-state index in [9.17, 15) is 14.0 Å². The molecule has 22 heavy (non-hydrogen) atoms. The van der Waals surface area contributed by atoms with Gasteiger partial charge in [-0.15, -0.1) is 0 Å². The fourth-order valence-electron chi connectivity index (χ4n) is 2.83. The van der Waals surface area contributed by atoms with E-state index in [1.54, 1.807) is 11.0 Å². The SMILES string of the molecule is N#Cc1c(F)cccc1NC(=O)C1CCCN1C(=O)C1CC1. The van der Waals surface area contributed by atoms with Crippen LogP contribution >= 0.6 is 0 Å². The summed E-state index contributed by atoms with van der Waals surface area (Å²) in [5, 5.41) is 11.6. The second-order valence-corrected chi connectivity index (χ2v) is 5.73. The Morgan fingerprint density at radius 3 is 2.77 bits per heavy atom. The molecule has 1 N–H and O–H groups in total. The van der Waals surface area contributed by atoms with Gasteiger partial charge in [-0.25, -0.2) is 4.39 Å². The van der Waals surface area contributed by atoms with Crippen molar-refractivity contribution in [3.63, 3.8) is 0 Å². The number of nitrogens with one attached hydrogen (secondary N) is 1. The highest BCUT2D eigenvalue weighted by molar-refractivity contribution is 5.98. The predicted octanol–water partition coefficient (Wildman–Crippen LogP) is 2.04. The van der Waals surface area contributed by atoms with E-state index in [1.807, 2.05) is 0 Å². The van der Waals surface area contributed by atoms with E-state index in [2.05, 4.69) is 5.32 Å². The first-order valence-corrected chi connectivity index (χ1v) is 7.41. The van der Waals surface area contributed by atoms with Crippen LogP contribution in [-0.4, -0.2) is 29.3 Å². The number of amides is 2. The molecule has 0 spiro atoms. The van der Waals surface area contributed by atoms with Crippen molar-refractivity contribution in [2.75, 3.05) is 11.9 Å². The molecule has 1 aromatic rings. The zero-order valence-electron chi connectivity index (χ0n) is 12.0. The second kappa shape index (κ2) is 5.76. The summed E-state index contributed by atoms with van der Waals surface area (Å²) in [4.78, 5) is 26.2. The largest absolute Gasteiger partial charge is 0.330 e. The predicted molar refractivity (Wildman–Crippen MR) is 77.2 cm³/mol. The molecule has 1 aliphatic heterocycles. The maximum atomic E-state index is 13.6. The van der Waals surface area contributed by atoms with E-state index in [0.717, 1.165) is 19.3 Å². The molecular formula is C16H16FN3O2. The molecule has 3 rings (SSSR count). The number of likely N-dealkylation sites (tertiary alicyclic amines) is 1. The van der Waals surface area contributed by atoms with E-state index >= 15 is 0 Å². The van der Waals surface area contributed by atoms with Gasteiger partial charge in [-0.3, -0.25) is 9.59 Å². The highest BCUT2D eigenvalue weighted by Gasteiger charge is 2.40. The van der Waals surface area contributed by atoms with Gasteiger partial charge in [-0.1, -0.05) is 6.07 Å². The molecule has 1 aromatic carbocycles. The Morgan fingerprint density at radius 2 is 2.09 bits per heavy atom. The fourth-order valence-corrected chi connectivity index (χ4v) is 2.83. The average Bonchev–Trinajstić information content (AvgIpc) is 3.23. The summed E-state index contributed by atoms with van der Waals surface area (Å²) in [5.41, 5.74) is -0.0351. The third-order valence-electron chi connectivity index (χ3n) is 4.15. The van der Waals surface area contributed by atoms with Crippen LogP contribution in [-0.2, 0) is 9.59 Å². The van der Waals surface area contributed by atoms with Gasteiger partial charge in [0.1, 0.15) is 23.5 Å². The van der Waals surface area contributed by atoms with E-state index in [0.29, 0.717) is 13.0 Å². The molecule has 0 bridgehead atoms. The third kappa shape index (κ3) is 2.67. The van der Waals surface area contributed by atoms with Crippen LogP contribution in [0.5, 0.6) is 0 Å². The number of nitrogens with zero attached hydrogens (tertiary/aromatic N) is 2. The van der Waals surface area contributed by atoms with Gasteiger partial charge < -0.3 is 10.2 Å². The summed E-state index contributed by atoms with van der Waals surface area (Å²) < 4.78 is 13.6. The Labute approximate surface area is 127 Å². The highest BCUT2D eigenvalue weighted by Crippen LogP contribution is 2.34. The summed E-state index contributed by atoms with van der Waals surface area (Å²) in [6.45, 7) is 0.585. The van der Waals surface area contributed by atoms with Gasteiger partial charge >= 0.3 is 0 Å². The van der Waals surface area contributed by atoms with Gasteiger partial charge in [0.25, 0.3) is 0 Å². The van der Waals surface area contributed by atoms with Crippen LogP contribution in [0.15, 0.2) is 18.2 Å². The lowest BCUT2D eigenvalue weighted by Gasteiger charge is -2.24. The third-order valence-corrected chi connectivity index (χ3v) is 4.15. The van der Waals surface area contributed by atoms with Crippen LogP contribution < -0.4 is 5.32 Å². The van der Waals surface area contributed by atoms with E-state index in [4.69, 9.17) is 5.26 Å². The highest BCUT2D eigenvalue weighted by atomic mass is 19.1. The number of rotatable bonds is 3. The Kier molecular flexibility index (Phi) is 3.80. The zero-order chi connectivity index (χ0) is 15.7. The zero-order valence-corrected chi connectivity index (χ0v) is 12.0. The lowest BCUT2D eigenvalue weighted by atomic mass is 10.1. The van der Waals surface area contributed by atoms with Gasteiger partial charge in [0.2, 0.25) is 11.8 Å². The normalized spacial score (nSPS) is 20.5. The molecule has 1 aliphatic carbocycles. The fraction of sp³-hybridized carbons (Fsp3) is 0.438. The van der Waals surface area contributed by atoms with Crippen LogP contribution in [0.1, 0.15) is 31.2 Å². The number of carbonyl (C=O) groups is 2. The molecule has 114 valence electrons. The minimum Gasteiger partial charge on any atom is -0.330 e. The van der Waals surface area contributed by atoms with E-state index in [-0.39, 0.29) is 29.0 Å². The van der Waals surface area contributed by atoms with E-state index < -0.39 is 11.9 Å². The number of anilines is 1. The Hall–Kier alpha value is -2.42. The lowest BCUT2D eigenvalue weighted by molar-refractivity contribution is -0.137. The van der Waals surface area contributed by atoms with Crippen molar-refractivity contribution in [3.8, 4) is 6.07 Å². The first-order chi connectivity index (χ1) is 10.6. The summed E-state index contributed by atoms with van der Waals surface area (Å²) in [6, 6.07) is 5.33. The molecule has 2 amide bonds. The molecule has 6 heteroatoms. The molecule has 1 unspecified atom stereocenters. The molecule has 0 aromatic heterocycles. The maximum absolute atomic E-state index is 13.6. The Morgan fingerprint density at radius 1 is 1.32 bits per heavy atom. The minimum atomic E-state index is -0.669.